The third-order valence-corrected chi connectivity index (χ3v) is 6.09. The van der Waals surface area contributed by atoms with Crippen molar-refractivity contribution in [3.63, 3.8) is 0 Å². The maximum Gasteiger partial charge on any atom is 0.222 e. The van der Waals surface area contributed by atoms with Crippen molar-refractivity contribution < 1.29 is 9.53 Å². The maximum atomic E-state index is 12.8. The van der Waals surface area contributed by atoms with Crippen molar-refractivity contribution in [1.82, 2.24) is 24.9 Å². The summed E-state index contributed by atoms with van der Waals surface area (Å²) >= 11 is 0. The molecule has 1 N–H and O–H groups in total. The summed E-state index contributed by atoms with van der Waals surface area (Å²) in [5.74, 6) is 0.198. The molecular weight excluding hydrogens is 402 g/mol. The zero-order valence-corrected chi connectivity index (χ0v) is 18.0. The minimum atomic E-state index is 0.169. The number of hydrogen-bond donors (Lipinski definition) is 1. The Labute approximate surface area is 187 Å². The van der Waals surface area contributed by atoms with E-state index in [4.69, 9.17) is 4.74 Å². The van der Waals surface area contributed by atoms with E-state index in [0.29, 0.717) is 26.2 Å². The van der Waals surface area contributed by atoms with Crippen molar-refractivity contribution >= 4 is 16.8 Å². The van der Waals surface area contributed by atoms with E-state index in [1.807, 2.05) is 64.4 Å². The molecule has 3 heterocycles. The second-order valence-corrected chi connectivity index (χ2v) is 8.31. The number of carbonyl (C=O) groups is 1. The minimum Gasteiger partial charge on any atom is -0.370 e. The number of aromatic amines is 1. The van der Waals surface area contributed by atoms with Gasteiger partial charge in [-0.25, -0.2) is 4.68 Å². The molecule has 0 aliphatic carbocycles. The van der Waals surface area contributed by atoms with Crippen molar-refractivity contribution in [3.05, 3.63) is 83.8 Å². The normalized spacial score (nSPS) is 16.1. The van der Waals surface area contributed by atoms with E-state index < -0.39 is 0 Å². The third-order valence-electron chi connectivity index (χ3n) is 6.09. The van der Waals surface area contributed by atoms with Crippen LogP contribution in [-0.2, 0) is 29.2 Å². The number of amides is 1. The van der Waals surface area contributed by atoms with E-state index in [1.54, 1.807) is 0 Å². The molecule has 164 valence electrons. The summed E-state index contributed by atoms with van der Waals surface area (Å²) in [4.78, 5) is 18.0. The van der Waals surface area contributed by atoms with Crippen LogP contribution in [0.15, 0.2) is 67.0 Å². The van der Waals surface area contributed by atoms with Crippen LogP contribution in [0.5, 0.6) is 0 Å². The molecule has 1 amide bonds. The fourth-order valence-corrected chi connectivity index (χ4v) is 4.33. The first kappa shape index (κ1) is 20.5. The third kappa shape index (κ3) is 4.57. The number of rotatable bonds is 8. The Hall–Kier alpha value is -3.45. The zero-order chi connectivity index (χ0) is 21.8. The van der Waals surface area contributed by atoms with Crippen LogP contribution in [0.4, 0.5) is 0 Å². The molecule has 0 saturated carbocycles. The van der Waals surface area contributed by atoms with Gasteiger partial charge in [-0.2, -0.15) is 0 Å². The van der Waals surface area contributed by atoms with Gasteiger partial charge in [-0.1, -0.05) is 53.7 Å². The number of benzene rings is 2. The van der Waals surface area contributed by atoms with Crippen LogP contribution >= 0.6 is 0 Å². The van der Waals surface area contributed by atoms with Gasteiger partial charge in [0.2, 0.25) is 5.91 Å². The number of carbonyl (C=O) groups excluding carboxylic acids is 1. The number of nitrogens with one attached hydrogen (secondary N) is 1. The summed E-state index contributed by atoms with van der Waals surface area (Å²) in [7, 11) is 0. The van der Waals surface area contributed by atoms with Gasteiger partial charge in [0.05, 0.1) is 25.5 Å². The highest BCUT2D eigenvalue weighted by Crippen LogP contribution is 2.23. The van der Waals surface area contributed by atoms with Crippen LogP contribution in [-0.4, -0.2) is 43.9 Å². The van der Waals surface area contributed by atoms with Crippen LogP contribution in [0, 0.1) is 0 Å². The van der Waals surface area contributed by atoms with Crippen molar-refractivity contribution in [3.8, 4) is 0 Å². The molecular formula is C25H27N5O2. The van der Waals surface area contributed by atoms with Gasteiger partial charge in [-0.05, 0) is 30.0 Å². The van der Waals surface area contributed by atoms with Crippen LogP contribution in [0.25, 0.3) is 10.9 Å². The monoisotopic (exact) mass is 429 g/mol. The first-order valence-electron chi connectivity index (χ1n) is 11.1. The van der Waals surface area contributed by atoms with E-state index in [0.717, 1.165) is 36.2 Å². The number of H-pyrrole nitrogens is 1. The van der Waals surface area contributed by atoms with E-state index in [9.17, 15) is 4.79 Å². The second kappa shape index (κ2) is 9.36. The van der Waals surface area contributed by atoms with Crippen molar-refractivity contribution in [2.75, 3.05) is 13.1 Å². The van der Waals surface area contributed by atoms with Gasteiger partial charge in [0.15, 0.2) is 0 Å². The Morgan fingerprint density at radius 3 is 2.84 bits per heavy atom. The Bertz CT molecular complexity index is 1180. The summed E-state index contributed by atoms with van der Waals surface area (Å²) in [6.07, 6.45) is 6.12. The molecule has 4 aromatic rings. The van der Waals surface area contributed by atoms with E-state index >= 15 is 0 Å². The first-order chi connectivity index (χ1) is 15.8. The summed E-state index contributed by atoms with van der Waals surface area (Å²) in [6.45, 7) is 2.42. The number of fused-ring (bicyclic) bond motifs is 1. The average molecular weight is 430 g/mol. The highest BCUT2D eigenvalue weighted by molar-refractivity contribution is 5.84. The minimum absolute atomic E-state index is 0.169. The summed E-state index contributed by atoms with van der Waals surface area (Å²) in [5, 5.41) is 9.72. The topological polar surface area (TPSA) is 76.0 Å². The SMILES string of the molecule is O=C(CCc1c[nH]c2ccccc12)N1CCC(n2cc(COCc3ccccc3)nn2)C1. The number of aromatic nitrogens is 4. The Balaban J connectivity index is 1.10. The predicted molar refractivity (Wildman–Crippen MR) is 122 cm³/mol. The fraction of sp³-hybridized carbons (Fsp3) is 0.320. The maximum absolute atomic E-state index is 12.8. The highest BCUT2D eigenvalue weighted by atomic mass is 16.5. The summed E-state index contributed by atoms with van der Waals surface area (Å²) in [5.41, 5.74) is 4.26. The van der Waals surface area contributed by atoms with Crippen molar-refractivity contribution in [2.45, 2.75) is 38.5 Å². The zero-order valence-electron chi connectivity index (χ0n) is 18.0. The Morgan fingerprint density at radius 2 is 1.94 bits per heavy atom. The predicted octanol–water partition coefficient (Wildman–Crippen LogP) is 3.88. The fourth-order valence-electron chi connectivity index (χ4n) is 4.33. The van der Waals surface area contributed by atoms with E-state index in [-0.39, 0.29) is 11.9 Å². The molecule has 7 heteroatoms. The van der Waals surface area contributed by atoms with Gasteiger partial charge in [0.25, 0.3) is 0 Å². The standard InChI is InChI=1S/C25H27N5O2/c31-25(11-10-20-14-26-24-9-5-4-8-23(20)24)29-13-12-22(16-29)30-15-21(27-28-30)18-32-17-19-6-2-1-3-7-19/h1-9,14-15,22,26H,10-13,16-18H2. The quantitative estimate of drug-likeness (QED) is 0.461. The number of likely N-dealkylation sites (tertiary alicyclic amines) is 1. The lowest BCUT2D eigenvalue weighted by Crippen LogP contribution is -2.29. The first-order valence-corrected chi connectivity index (χ1v) is 11.1. The van der Waals surface area contributed by atoms with Gasteiger partial charge >= 0.3 is 0 Å². The molecule has 7 nitrogen and oxygen atoms in total. The van der Waals surface area contributed by atoms with Gasteiger partial charge < -0.3 is 14.6 Å². The van der Waals surface area contributed by atoms with Crippen LogP contribution < -0.4 is 0 Å². The number of para-hydroxylation sites is 1. The molecule has 32 heavy (non-hydrogen) atoms. The van der Waals surface area contributed by atoms with Crippen LogP contribution in [0.3, 0.4) is 0 Å². The molecule has 0 spiro atoms. The summed E-state index contributed by atoms with van der Waals surface area (Å²) in [6, 6.07) is 18.5. The molecule has 2 aromatic carbocycles. The molecule has 5 rings (SSSR count). The number of hydrogen-bond acceptors (Lipinski definition) is 4. The van der Waals surface area contributed by atoms with E-state index in [1.165, 1.54) is 10.9 Å². The van der Waals surface area contributed by atoms with Crippen LogP contribution in [0.1, 0.15) is 35.7 Å². The van der Waals surface area contributed by atoms with Crippen LogP contribution in [0.2, 0.25) is 0 Å². The largest absolute Gasteiger partial charge is 0.370 e. The number of nitrogens with zero attached hydrogens (tertiary/aromatic N) is 4. The van der Waals surface area contributed by atoms with Crippen molar-refractivity contribution in [1.29, 1.82) is 0 Å². The molecule has 1 fully saturated rings. The van der Waals surface area contributed by atoms with Gasteiger partial charge in [-0.3, -0.25) is 4.79 Å². The molecule has 2 aromatic heterocycles. The molecule has 0 bridgehead atoms. The molecule has 0 radical (unpaired) electrons. The highest BCUT2D eigenvalue weighted by Gasteiger charge is 2.28. The molecule has 1 saturated heterocycles. The number of ether oxygens (including phenoxy) is 1. The average Bonchev–Trinajstić information content (AvgIpc) is 3.58. The Kier molecular flexibility index (Phi) is 5.98. The molecule has 1 atom stereocenters. The van der Waals surface area contributed by atoms with Gasteiger partial charge in [0.1, 0.15) is 5.69 Å². The molecule has 1 aliphatic heterocycles. The van der Waals surface area contributed by atoms with Crippen molar-refractivity contribution in [2.24, 2.45) is 0 Å². The lowest BCUT2D eigenvalue weighted by Gasteiger charge is -2.16. The lowest BCUT2D eigenvalue weighted by molar-refractivity contribution is -0.130. The van der Waals surface area contributed by atoms with Gasteiger partial charge in [0, 0.05) is 36.6 Å². The number of aryl methyl sites for hydroxylation is 1. The molecule has 1 unspecified atom stereocenters. The van der Waals surface area contributed by atoms with Gasteiger partial charge in [-0.15, -0.1) is 5.10 Å². The smallest absolute Gasteiger partial charge is 0.222 e. The Morgan fingerprint density at radius 1 is 1.09 bits per heavy atom. The van der Waals surface area contributed by atoms with E-state index in [2.05, 4.69) is 27.4 Å². The summed E-state index contributed by atoms with van der Waals surface area (Å²) < 4.78 is 7.64. The lowest BCUT2D eigenvalue weighted by atomic mass is 10.1. The molecule has 1 aliphatic rings. The second-order valence-electron chi connectivity index (χ2n) is 8.31.